The van der Waals surface area contributed by atoms with E-state index in [-0.39, 0.29) is 10.8 Å². The van der Waals surface area contributed by atoms with E-state index < -0.39 is 10.0 Å². The molecule has 0 aliphatic rings. The SMILES string of the molecule is Cc1cc(C)cc(OCCNC(=O)c2ccc(N(C)S(=O)(=O)c3ccc(Cl)cc3)cc2)c1. The number of ether oxygens (including phenoxy) is 1. The number of anilines is 1. The second-order valence-corrected chi connectivity index (χ2v) is 9.81. The second-order valence-electron chi connectivity index (χ2n) is 7.40. The molecular weight excluding hydrogens is 448 g/mol. The molecule has 8 heteroatoms. The highest BCUT2D eigenvalue weighted by Crippen LogP contribution is 2.23. The van der Waals surface area contributed by atoms with E-state index in [1.54, 1.807) is 24.3 Å². The van der Waals surface area contributed by atoms with Crippen LogP contribution in [0.2, 0.25) is 5.02 Å². The summed E-state index contributed by atoms with van der Waals surface area (Å²) in [5, 5.41) is 3.26. The third-order valence-electron chi connectivity index (χ3n) is 4.82. The van der Waals surface area contributed by atoms with E-state index in [9.17, 15) is 13.2 Å². The van der Waals surface area contributed by atoms with Crippen molar-refractivity contribution < 1.29 is 17.9 Å². The first kappa shape index (κ1) is 23.6. The Morgan fingerprint density at radius 1 is 0.969 bits per heavy atom. The van der Waals surface area contributed by atoms with Gasteiger partial charge in [-0.1, -0.05) is 17.7 Å². The van der Waals surface area contributed by atoms with Crippen LogP contribution in [0.1, 0.15) is 21.5 Å². The highest BCUT2D eigenvalue weighted by molar-refractivity contribution is 7.92. The van der Waals surface area contributed by atoms with Crippen molar-refractivity contribution in [2.45, 2.75) is 18.7 Å². The van der Waals surface area contributed by atoms with Gasteiger partial charge in [-0.15, -0.1) is 0 Å². The first-order chi connectivity index (χ1) is 15.2. The zero-order valence-corrected chi connectivity index (χ0v) is 19.7. The predicted molar refractivity (Wildman–Crippen MR) is 127 cm³/mol. The van der Waals surface area contributed by atoms with Crippen LogP contribution in [0, 0.1) is 13.8 Å². The van der Waals surface area contributed by atoms with Gasteiger partial charge in [0.05, 0.1) is 17.1 Å². The summed E-state index contributed by atoms with van der Waals surface area (Å²) in [5.74, 6) is 0.509. The van der Waals surface area contributed by atoms with Crippen LogP contribution in [0.3, 0.4) is 0 Å². The molecular formula is C24H25ClN2O4S. The fourth-order valence-corrected chi connectivity index (χ4v) is 4.50. The molecule has 0 atom stereocenters. The number of carbonyl (C=O) groups excluding carboxylic acids is 1. The lowest BCUT2D eigenvalue weighted by Gasteiger charge is -2.20. The van der Waals surface area contributed by atoms with Crippen LogP contribution in [0.5, 0.6) is 5.75 Å². The molecule has 32 heavy (non-hydrogen) atoms. The van der Waals surface area contributed by atoms with E-state index in [1.165, 1.54) is 31.3 Å². The van der Waals surface area contributed by atoms with E-state index >= 15 is 0 Å². The molecule has 1 N–H and O–H groups in total. The van der Waals surface area contributed by atoms with Crippen LogP contribution in [-0.4, -0.2) is 34.5 Å². The molecule has 0 unspecified atom stereocenters. The van der Waals surface area contributed by atoms with Crippen LogP contribution in [0.4, 0.5) is 5.69 Å². The predicted octanol–water partition coefficient (Wildman–Crippen LogP) is 4.59. The molecule has 168 valence electrons. The Hall–Kier alpha value is -3.03. The maximum atomic E-state index is 12.8. The molecule has 0 radical (unpaired) electrons. The van der Waals surface area contributed by atoms with Gasteiger partial charge in [-0.2, -0.15) is 0 Å². The molecule has 1 amide bonds. The smallest absolute Gasteiger partial charge is 0.264 e. The molecule has 0 spiro atoms. The number of rotatable bonds is 8. The first-order valence-corrected chi connectivity index (χ1v) is 11.8. The molecule has 3 aromatic rings. The Bertz CT molecular complexity index is 1170. The summed E-state index contributed by atoms with van der Waals surface area (Å²) in [6, 6.07) is 18.3. The van der Waals surface area contributed by atoms with Gasteiger partial charge in [0.1, 0.15) is 12.4 Å². The van der Waals surface area contributed by atoms with Crippen molar-refractivity contribution in [2.75, 3.05) is 24.5 Å². The van der Waals surface area contributed by atoms with Gasteiger partial charge in [0.2, 0.25) is 0 Å². The van der Waals surface area contributed by atoms with Crippen LogP contribution in [0.25, 0.3) is 0 Å². The van der Waals surface area contributed by atoms with Crippen LogP contribution >= 0.6 is 11.6 Å². The highest BCUT2D eigenvalue weighted by atomic mass is 35.5. The Labute approximate surface area is 193 Å². The fraction of sp³-hybridized carbons (Fsp3) is 0.208. The van der Waals surface area contributed by atoms with E-state index in [0.717, 1.165) is 21.2 Å². The van der Waals surface area contributed by atoms with Crippen molar-refractivity contribution in [3.8, 4) is 5.75 Å². The minimum atomic E-state index is -3.73. The van der Waals surface area contributed by atoms with Gasteiger partial charge in [0, 0.05) is 17.6 Å². The maximum Gasteiger partial charge on any atom is 0.264 e. The molecule has 0 saturated heterocycles. The van der Waals surface area contributed by atoms with Crippen molar-refractivity contribution in [3.63, 3.8) is 0 Å². The molecule has 6 nitrogen and oxygen atoms in total. The van der Waals surface area contributed by atoms with Gasteiger partial charge in [-0.3, -0.25) is 9.10 Å². The number of sulfonamides is 1. The highest BCUT2D eigenvalue weighted by Gasteiger charge is 2.21. The van der Waals surface area contributed by atoms with Gasteiger partial charge >= 0.3 is 0 Å². The molecule has 0 aromatic heterocycles. The Morgan fingerprint density at radius 3 is 2.16 bits per heavy atom. The molecule has 0 fully saturated rings. The standard InChI is InChI=1S/C24H25ClN2O4S/c1-17-14-18(2)16-22(15-17)31-13-12-26-24(28)19-4-8-21(9-5-19)27(3)32(29,30)23-10-6-20(25)7-11-23/h4-11,14-16H,12-13H2,1-3H3,(H,26,28). The van der Waals surface area contributed by atoms with Crippen LogP contribution in [0.15, 0.2) is 71.6 Å². The fourth-order valence-electron chi connectivity index (χ4n) is 3.18. The average molecular weight is 473 g/mol. The van der Waals surface area contributed by atoms with Crippen LogP contribution < -0.4 is 14.4 Å². The largest absolute Gasteiger partial charge is 0.492 e. The van der Waals surface area contributed by atoms with Crippen molar-refractivity contribution >= 4 is 33.2 Å². The Kier molecular flexibility index (Phi) is 7.43. The normalized spacial score (nSPS) is 11.1. The molecule has 0 bridgehead atoms. The molecule has 0 aliphatic carbocycles. The van der Waals surface area contributed by atoms with Gasteiger partial charge in [-0.05, 0) is 85.6 Å². The monoisotopic (exact) mass is 472 g/mol. The molecule has 0 aliphatic heterocycles. The number of amides is 1. The third-order valence-corrected chi connectivity index (χ3v) is 6.87. The first-order valence-electron chi connectivity index (χ1n) is 10.0. The van der Waals surface area contributed by atoms with Crippen molar-refractivity contribution in [1.29, 1.82) is 0 Å². The number of halogens is 1. The second kappa shape index (κ2) is 10.1. The Morgan fingerprint density at radius 2 is 1.56 bits per heavy atom. The van der Waals surface area contributed by atoms with Crippen molar-refractivity contribution in [2.24, 2.45) is 0 Å². The number of nitrogens with one attached hydrogen (secondary N) is 1. The number of benzene rings is 3. The summed E-state index contributed by atoms with van der Waals surface area (Å²) < 4.78 is 32.4. The van der Waals surface area contributed by atoms with Gasteiger partial charge in [0.25, 0.3) is 15.9 Å². The number of aryl methyl sites for hydroxylation is 2. The lowest BCUT2D eigenvalue weighted by atomic mass is 10.1. The molecule has 3 rings (SSSR count). The number of carbonyl (C=O) groups is 1. The summed E-state index contributed by atoms with van der Waals surface area (Å²) >= 11 is 5.84. The number of hydrogen-bond donors (Lipinski definition) is 1. The summed E-state index contributed by atoms with van der Waals surface area (Å²) in [7, 11) is -2.27. The van der Waals surface area contributed by atoms with Gasteiger partial charge in [0.15, 0.2) is 0 Å². The number of nitrogens with zero attached hydrogens (tertiary/aromatic N) is 1. The summed E-state index contributed by atoms with van der Waals surface area (Å²) in [4.78, 5) is 12.5. The minimum Gasteiger partial charge on any atom is -0.492 e. The summed E-state index contributed by atoms with van der Waals surface area (Å²) in [6.07, 6.45) is 0. The van der Waals surface area contributed by atoms with Crippen LogP contribution in [-0.2, 0) is 10.0 Å². The maximum absolute atomic E-state index is 12.8. The van der Waals surface area contributed by atoms with E-state index in [0.29, 0.717) is 29.4 Å². The minimum absolute atomic E-state index is 0.134. The molecule has 0 heterocycles. The molecule has 0 saturated carbocycles. The zero-order valence-electron chi connectivity index (χ0n) is 18.1. The quantitative estimate of drug-likeness (QED) is 0.486. The average Bonchev–Trinajstić information content (AvgIpc) is 2.76. The Balaban J connectivity index is 1.57. The lowest BCUT2D eigenvalue weighted by molar-refractivity contribution is 0.0947. The van der Waals surface area contributed by atoms with Crippen molar-refractivity contribution in [1.82, 2.24) is 5.32 Å². The lowest BCUT2D eigenvalue weighted by Crippen LogP contribution is -2.28. The van der Waals surface area contributed by atoms with E-state index in [1.807, 2.05) is 26.0 Å². The van der Waals surface area contributed by atoms with E-state index in [4.69, 9.17) is 16.3 Å². The molecule has 3 aromatic carbocycles. The van der Waals surface area contributed by atoms with Gasteiger partial charge in [-0.25, -0.2) is 8.42 Å². The summed E-state index contributed by atoms with van der Waals surface area (Å²) in [6.45, 7) is 4.69. The summed E-state index contributed by atoms with van der Waals surface area (Å²) in [5.41, 5.74) is 3.10. The third kappa shape index (κ3) is 5.81. The van der Waals surface area contributed by atoms with Gasteiger partial charge < -0.3 is 10.1 Å². The zero-order chi connectivity index (χ0) is 23.3. The topological polar surface area (TPSA) is 75.7 Å². The number of hydrogen-bond acceptors (Lipinski definition) is 4. The van der Waals surface area contributed by atoms with Crippen molar-refractivity contribution in [3.05, 3.63) is 88.4 Å². The van der Waals surface area contributed by atoms with E-state index in [2.05, 4.69) is 11.4 Å².